The Labute approximate surface area is 109 Å². The summed E-state index contributed by atoms with van der Waals surface area (Å²) >= 11 is 1.22. The maximum Gasteiger partial charge on any atom is 0.286 e. The molecule has 0 unspecified atom stereocenters. The number of aromatic nitrogens is 2. The lowest BCUT2D eigenvalue weighted by molar-refractivity contribution is 0.102. The van der Waals surface area contributed by atoms with Gasteiger partial charge >= 0.3 is 0 Å². The van der Waals surface area contributed by atoms with Gasteiger partial charge in [0, 0.05) is 12.7 Å². The van der Waals surface area contributed by atoms with E-state index in [1.54, 1.807) is 7.05 Å². The van der Waals surface area contributed by atoms with Crippen LogP contribution in [0.15, 0.2) is 18.2 Å². The van der Waals surface area contributed by atoms with Gasteiger partial charge in [-0.1, -0.05) is 23.5 Å². The maximum absolute atomic E-state index is 12.0. The first-order chi connectivity index (χ1) is 8.61. The van der Waals surface area contributed by atoms with Crippen molar-refractivity contribution in [3.05, 3.63) is 34.3 Å². The minimum absolute atomic E-state index is 0.234. The Morgan fingerprint density at radius 2 is 2.06 bits per heavy atom. The Balaban J connectivity index is 2.18. The first-order valence-corrected chi connectivity index (χ1v) is 6.32. The van der Waals surface area contributed by atoms with Crippen LogP contribution in [0.2, 0.25) is 0 Å². The summed E-state index contributed by atoms with van der Waals surface area (Å²) in [7, 11) is 1.74. The molecule has 0 aliphatic rings. The number of rotatable bonds is 3. The van der Waals surface area contributed by atoms with Crippen molar-refractivity contribution in [1.29, 1.82) is 0 Å². The van der Waals surface area contributed by atoms with Crippen LogP contribution in [-0.2, 0) is 0 Å². The van der Waals surface area contributed by atoms with Crippen molar-refractivity contribution in [3.63, 3.8) is 0 Å². The van der Waals surface area contributed by atoms with Crippen molar-refractivity contribution in [2.24, 2.45) is 0 Å². The fraction of sp³-hybridized carbons (Fsp3) is 0.250. The van der Waals surface area contributed by atoms with E-state index < -0.39 is 0 Å². The van der Waals surface area contributed by atoms with Gasteiger partial charge in [-0.25, -0.2) is 0 Å². The van der Waals surface area contributed by atoms with E-state index in [2.05, 4.69) is 20.8 Å². The molecule has 2 N–H and O–H groups in total. The Hall–Kier alpha value is -1.95. The minimum Gasteiger partial charge on any atom is -0.363 e. The zero-order valence-corrected chi connectivity index (χ0v) is 11.3. The molecule has 0 radical (unpaired) electrons. The molecule has 2 rings (SSSR count). The van der Waals surface area contributed by atoms with Crippen molar-refractivity contribution in [1.82, 2.24) is 10.2 Å². The zero-order chi connectivity index (χ0) is 13.1. The fourth-order valence-electron chi connectivity index (χ4n) is 1.48. The molecular formula is C12H14N4OS. The number of carbonyl (C=O) groups excluding carboxylic acids is 1. The highest BCUT2D eigenvalue weighted by atomic mass is 32.1. The summed E-state index contributed by atoms with van der Waals surface area (Å²) in [6.45, 7) is 3.99. The van der Waals surface area contributed by atoms with E-state index in [9.17, 15) is 4.79 Å². The molecule has 0 spiro atoms. The predicted octanol–water partition coefficient (Wildman–Crippen LogP) is 2.45. The molecule has 94 valence electrons. The summed E-state index contributed by atoms with van der Waals surface area (Å²) in [6, 6.07) is 5.80. The first-order valence-electron chi connectivity index (χ1n) is 5.50. The number of anilines is 2. The largest absolute Gasteiger partial charge is 0.363 e. The van der Waals surface area contributed by atoms with Gasteiger partial charge in [0.05, 0.1) is 0 Å². The Morgan fingerprint density at radius 3 is 2.72 bits per heavy atom. The lowest BCUT2D eigenvalue weighted by Gasteiger charge is -2.08. The molecule has 0 fully saturated rings. The van der Waals surface area contributed by atoms with Gasteiger partial charge < -0.3 is 10.6 Å². The van der Waals surface area contributed by atoms with E-state index in [0.717, 1.165) is 16.8 Å². The normalized spacial score (nSPS) is 10.2. The van der Waals surface area contributed by atoms with Gasteiger partial charge in [-0.05, 0) is 31.0 Å². The second-order valence-corrected chi connectivity index (χ2v) is 4.84. The molecule has 0 saturated heterocycles. The summed E-state index contributed by atoms with van der Waals surface area (Å²) in [5.74, 6) is -0.234. The first kappa shape index (κ1) is 12.5. The monoisotopic (exact) mass is 262 g/mol. The maximum atomic E-state index is 12.0. The van der Waals surface area contributed by atoms with Crippen LogP contribution in [-0.4, -0.2) is 23.2 Å². The third kappa shape index (κ3) is 2.48. The molecule has 18 heavy (non-hydrogen) atoms. The van der Waals surface area contributed by atoms with Crippen LogP contribution in [0.1, 0.15) is 20.9 Å². The number of amides is 1. The summed E-state index contributed by atoms with van der Waals surface area (Å²) in [5.41, 5.74) is 3.01. The highest BCUT2D eigenvalue weighted by molar-refractivity contribution is 7.17. The molecule has 6 heteroatoms. The summed E-state index contributed by atoms with van der Waals surface area (Å²) in [6.07, 6.45) is 0. The van der Waals surface area contributed by atoms with Crippen LogP contribution >= 0.6 is 11.3 Å². The number of nitrogens with zero attached hydrogens (tertiary/aromatic N) is 2. The van der Waals surface area contributed by atoms with Gasteiger partial charge in [0.25, 0.3) is 5.91 Å². The molecule has 1 aromatic heterocycles. The minimum atomic E-state index is -0.234. The van der Waals surface area contributed by atoms with Gasteiger partial charge in [0.1, 0.15) is 0 Å². The lowest BCUT2D eigenvalue weighted by Crippen LogP contribution is -2.12. The van der Waals surface area contributed by atoms with Gasteiger partial charge in [-0.3, -0.25) is 4.79 Å². The lowest BCUT2D eigenvalue weighted by atomic mass is 10.1. The van der Waals surface area contributed by atoms with E-state index in [1.807, 2.05) is 32.0 Å². The summed E-state index contributed by atoms with van der Waals surface area (Å²) in [4.78, 5) is 12.0. The Kier molecular flexibility index (Phi) is 3.57. The van der Waals surface area contributed by atoms with Crippen LogP contribution in [0.5, 0.6) is 0 Å². The second-order valence-electron chi connectivity index (χ2n) is 3.86. The van der Waals surface area contributed by atoms with Crippen molar-refractivity contribution in [2.45, 2.75) is 13.8 Å². The van der Waals surface area contributed by atoms with E-state index >= 15 is 0 Å². The predicted molar refractivity (Wildman–Crippen MR) is 73.3 cm³/mol. The molecule has 0 atom stereocenters. The van der Waals surface area contributed by atoms with Crippen LogP contribution in [0.4, 0.5) is 10.8 Å². The quantitative estimate of drug-likeness (QED) is 0.891. The molecular weight excluding hydrogens is 248 g/mol. The smallest absolute Gasteiger partial charge is 0.286 e. The van der Waals surface area contributed by atoms with Crippen molar-refractivity contribution < 1.29 is 4.79 Å². The van der Waals surface area contributed by atoms with Crippen LogP contribution in [0, 0.1) is 13.8 Å². The third-order valence-corrected chi connectivity index (χ3v) is 3.63. The molecule has 0 aliphatic heterocycles. The fourth-order valence-corrected chi connectivity index (χ4v) is 2.07. The number of carbonyl (C=O) groups is 1. The number of hydrogen-bond donors (Lipinski definition) is 2. The Morgan fingerprint density at radius 1 is 1.28 bits per heavy atom. The molecule has 0 aliphatic carbocycles. The topological polar surface area (TPSA) is 66.9 Å². The average Bonchev–Trinajstić information content (AvgIpc) is 2.83. The van der Waals surface area contributed by atoms with Crippen molar-refractivity contribution in [3.8, 4) is 0 Å². The average molecular weight is 262 g/mol. The highest BCUT2D eigenvalue weighted by Gasteiger charge is 2.13. The Bertz CT molecular complexity index is 579. The van der Waals surface area contributed by atoms with Gasteiger partial charge in [0.15, 0.2) is 0 Å². The van der Waals surface area contributed by atoms with Crippen LogP contribution in [0.3, 0.4) is 0 Å². The van der Waals surface area contributed by atoms with Gasteiger partial charge in [0.2, 0.25) is 10.1 Å². The van der Waals surface area contributed by atoms with E-state index in [1.165, 1.54) is 11.3 Å². The molecule has 2 aromatic rings. The summed E-state index contributed by atoms with van der Waals surface area (Å²) < 4.78 is 0. The van der Waals surface area contributed by atoms with Crippen LogP contribution in [0.25, 0.3) is 0 Å². The third-order valence-electron chi connectivity index (χ3n) is 2.69. The van der Waals surface area contributed by atoms with E-state index in [-0.39, 0.29) is 5.91 Å². The van der Waals surface area contributed by atoms with Crippen molar-refractivity contribution >= 4 is 28.1 Å². The number of nitrogens with one attached hydrogen (secondary N) is 2. The molecule has 0 saturated carbocycles. The molecule has 1 heterocycles. The highest BCUT2D eigenvalue weighted by Crippen LogP contribution is 2.20. The standard InChI is InChI=1S/C12H14N4OS/c1-7-5-4-6-9(8(7)2)14-10(17)11-15-16-12(13-3)18-11/h4-6H,1-3H3,(H,13,16)(H,14,17). The molecule has 1 aromatic carbocycles. The molecule has 1 amide bonds. The SMILES string of the molecule is CNc1nnc(C(=O)Nc2cccc(C)c2C)s1. The van der Waals surface area contributed by atoms with E-state index in [0.29, 0.717) is 10.1 Å². The van der Waals surface area contributed by atoms with Crippen molar-refractivity contribution in [2.75, 3.05) is 17.7 Å². The second kappa shape index (κ2) is 5.14. The molecule has 0 bridgehead atoms. The number of hydrogen-bond acceptors (Lipinski definition) is 5. The molecule has 5 nitrogen and oxygen atoms in total. The van der Waals surface area contributed by atoms with Gasteiger partial charge in [-0.2, -0.15) is 0 Å². The number of aryl methyl sites for hydroxylation is 1. The van der Waals surface area contributed by atoms with Gasteiger partial charge in [-0.15, -0.1) is 10.2 Å². The van der Waals surface area contributed by atoms with Crippen LogP contribution < -0.4 is 10.6 Å². The number of benzene rings is 1. The summed E-state index contributed by atoms with van der Waals surface area (Å²) in [5, 5.41) is 14.3. The zero-order valence-electron chi connectivity index (χ0n) is 10.4. The van der Waals surface area contributed by atoms with E-state index in [4.69, 9.17) is 0 Å².